The van der Waals surface area contributed by atoms with Crippen molar-refractivity contribution in [3.05, 3.63) is 35.3 Å². The van der Waals surface area contributed by atoms with Crippen molar-refractivity contribution < 1.29 is 4.79 Å². The topological polar surface area (TPSA) is 71.8 Å². The Labute approximate surface area is 131 Å². The predicted molar refractivity (Wildman–Crippen MR) is 86.6 cm³/mol. The molecule has 7 heteroatoms. The highest BCUT2D eigenvalue weighted by Crippen LogP contribution is 2.26. The molecule has 4 rings (SSSR count). The molecule has 1 aromatic carbocycles. The smallest absolute Gasteiger partial charge is 0.263 e. The van der Waals surface area contributed by atoms with Crippen molar-refractivity contribution in [1.29, 1.82) is 0 Å². The molecular formula is C15H15N5OS. The van der Waals surface area contributed by atoms with Crippen LogP contribution in [0.3, 0.4) is 0 Å². The highest BCUT2D eigenvalue weighted by atomic mass is 32.1. The van der Waals surface area contributed by atoms with Crippen molar-refractivity contribution in [2.45, 2.75) is 18.9 Å². The minimum absolute atomic E-state index is 0.0435. The Morgan fingerprint density at radius 3 is 2.95 bits per heavy atom. The zero-order chi connectivity index (χ0) is 15.1. The maximum Gasteiger partial charge on any atom is 0.263 e. The second-order valence-corrected chi connectivity index (χ2v) is 6.42. The normalized spacial score (nSPS) is 14.2. The number of anilines is 2. The zero-order valence-electron chi connectivity index (χ0n) is 12.0. The van der Waals surface area contributed by atoms with E-state index in [1.807, 2.05) is 35.9 Å². The molecule has 2 aromatic heterocycles. The Kier molecular flexibility index (Phi) is 3.07. The van der Waals surface area contributed by atoms with Gasteiger partial charge in [-0.15, -0.1) is 0 Å². The van der Waals surface area contributed by atoms with E-state index in [-0.39, 0.29) is 5.91 Å². The van der Waals surface area contributed by atoms with Crippen molar-refractivity contribution in [3.8, 4) is 0 Å². The third-order valence-corrected chi connectivity index (χ3v) is 4.56. The second kappa shape index (κ2) is 5.10. The Balaban J connectivity index is 1.56. The summed E-state index contributed by atoms with van der Waals surface area (Å²) in [5.74, 6) is 0.669. The lowest BCUT2D eigenvalue weighted by Gasteiger charge is -2.02. The summed E-state index contributed by atoms with van der Waals surface area (Å²) in [7, 11) is 1.95. The molecule has 1 saturated carbocycles. The van der Waals surface area contributed by atoms with Gasteiger partial charge in [-0.25, -0.2) is 9.97 Å². The minimum Gasteiger partial charge on any atom is -0.349 e. The Bertz CT molecular complexity index is 849. The highest BCUT2D eigenvalue weighted by Gasteiger charge is 2.24. The lowest BCUT2D eigenvalue weighted by atomic mass is 10.3. The van der Waals surface area contributed by atoms with Gasteiger partial charge in [0.1, 0.15) is 4.88 Å². The van der Waals surface area contributed by atoms with Gasteiger partial charge in [0, 0.05) is 13.1 Å². The fourth-order valence-corrected chi connectivity index (χ4v) is 2.99. The van der Waals surface area contributed by atoms with Gasteiger partial charge in [0.15, 0.2) is 5.13 Å². The molecule has 3 aromatic rings. The molecule has 0 atom stereocenters. The van der Waals surface area contributed by atoms with Crippen LogP contribution in [-0.4, -0.2) is 26.5 Å². The SMILES string of the molecule is Cn1c(Nc2ncc(C(=O)NC3CC3)s2)nc2ccccc21. The largest absolute Gasteiger partial charge is 0.349 e. The molecule has 112 valence electrons. The first-order valence-corrected chi connectivity index (χ1v) is 7.97. The number of thiazole rings is 1. The molecule has 2 heterocycles. The fraction of sp³-hybridized carbons (Fsp3) is 0.267. The van der Waals surface area contributed by atoms with Crippen molar-refractivity contribution in [1.82, 2.24) is 19.9 Å². The lowest BCUT2D eigenvalue weighted by Crippen LogP contribution is -2.24. The zero-order valence-corrected chi connectivity index (χ0v) is 12.9. The summed E-state index contributed by atoms with van der Waals surface area (Å²) >= 11 is 1.34. The quantitative estimate of drug-likeness (QED) is 0.777. The van der Waals surface area contributed by atoms with E-state index in [4.69, 9.17) is 0 Å². The molecule has 6 nitrogen and oxygen atoms in total. The molecule has 0 bridgehead atoms. The number of para-hydroxylation sites is 2. The number of fused-ring (bicyclic) bond motifs is 1. The summed E-state index contributed by atoms with van der Waals surface area (Å²) < 4.78 is 1.97. The van der Waals surface area contributed by atoms with Crippen molar-refractivity contribution >= 4 is 39.4 Å². The molecule has 1 fully saturated rings. The number of benzene rings is 1. The number of rotatable bonds is 4. The van der Waals surface area contributed by atoms with E-state index in [1.54, 1.807) is 6.20 Å². The number of nitrogens with one attached hydrogen (secondary N) is 2. The number of carbonyl (C=O) groups is 1. The van der Waals surface area contributed by atoms with Crippen LogP contribution in [0, 0.1) is 0 Å². The Morgan fingerprint density at radius 2 is 2.18 bits per heavy atom. The van der Waals surface area contributed by atoms with E-state index >= 15 is 0 Å². The molecule has 0 radical (unpaired) electrons. The van der Waals surface area contributed by atoms with E-state index in [0.717, 1.165) is 23.9 Å². The number of aryl methyl sites for hydroxylation is 1. The van der Waals surface area contributed by atoms with E-state index in [0.29, 0.717) is 22.0 Å². The van der Waals surface area contributed by atoms with Crippen LogP contribution in [0.5, 0.6) is 0 Å². The van der Waals surface area contributed by atoms with E-state index in [2.05, 4.69) is 20.6 Å². The van der Waals surface area contributed by atoms with Crippen LogP contribution in [0.25, 0.3) is 11.0 Å². The van der Waals surface area contributed by atoms with Crippen molar-refractivity contribution in [2.75, 3.05) is 5.32 Å². The number of carbonyl (C=O) groups excluding carboxylic acids is 1. The minimum atomic E-state index is -0.0435. The summed E-state index contributed by atoms with van der Waals surface area (Å²) in [6.07, 6.45) is 3.76. The van der Waals surface area contributed by atoms with Gasteiger partial charge in [-0.2, -0.15) is 0 Å². The summed E-state index contributed by atoms with van der Waals surface area (Å²) in [6, 6.07) is 8.28. The van der Waals surface area contributed by atoms with Gasteiger partial charge in [0.25, 0.3) is 5.91 Å². The van der Waals surface area contributed by atoms with Crippen LogP contribution < -0.4 is 10.6 Å². The molecule has 0 aliphatic heterocycles. The van der Waals surface area contributed by atoms with Crippen molar-refractivity contribution in [2.24, 2.45) is 7.05 Å². The number of nitrogens with zero attached hydrogens (tertiary/aromatic N) is 3. The van der Waals surface area contributed by atoms with Crippen LogP contribution in [0.4, 0.5) is 11.1 Å². The van der Waals surface area contributed by atoms with Gasteiger partial charge in [0.2, 0.25) is 5.95 Å². The van der Waals surface area contributed by atoms with Crippen LogP contribution >= 0.6 is 11.3 Å². The summed E-state index contributed by atoms with van der Waals surface area (Å²) in [5.41, 5.74) is 1.98. The fourth-order valence-electron chi connectivity index (χ4n) is 2.27. The predicted octanol–water partition coefficient (Wildman–Crippen LogP) is 2.67. The average Bonchev–Trinajstić information content (AvgIpc) is 3.11. The molecule has 0 spiro atoms. The molecular weight excluding hydrogens is 298 g/mol. The van der Waals surface area contributed by atoms with Gasteiger partial charge in [0.05, 0.1) is 17.2 Å². The summed E-state index contributed by atoms with van der Waals surface area (Å²) in [4.78, 5) is 21.4. The first-order valence-electron chi connectivity index (χ1n) is 7.16. The van der Waals surface area contributed by atoms with Gasteiger partial charge < -0.3 is 15.2 Å². The number of imidazole rings is 1. The van der Waals surface area contributed by atoms with Gasteiger partial charge in [-0.1, -0.05) is 23.5 Å². The third kappa shape index (κ3) is 2.43. The monoisotopic (exact) mass is 313 g/mol. The van der Waals surface area contributed by atoms with Crippen LogP contribution in [-0.2, 0) is 7.05 Å². The third-order valence-electron chi connectivity index (χ3n) is 3.65. The number of hydrogen-bond donors (Lipinski definition) is 2. The molecule has 1 aliphatic rings. The van der Waals surface area contributed by atoms with Gasteiger partial charge >= 0.3 is 0 Å². The first-order chi connectivity index (χ1) is 10.7. The van der Waals surface area contributed by atoms with Crippen LogP contribution in [0.1, 0.15) is 22.5 Å². The van der Waals surface area contributed by atoms with Crippen molar-refractivity contribution in [3.63, 3.8) is 0 Å². The number of amides is 1. The molecule has 22 heavy (non-hydrogen) atoms. The van der Waals surface area contributed by atoms with Crippen LogP contribution in [0.2, 0.25) is 0 Å². The molecule has 1 aliphatic carbocycles. The first kappa shape index (κ1) is 13.3. The van der Waals surface area contributed by atoms with E-state index < -0.39 is 0 Å². The van der Waals surface area contributed by atoms with Gasteiger partial charge in [-0.3, -0.25) is 4.79 Å². The summed E-state index contributed by atoms with van der Waals surface area (Å²) in [5, 5.41) is 6.81. The maximum absolute atomic E-state index is 12.0. The standard InChI is InChI=1S/C15H15N5OS/c1-20-11-5-3-2-4-10(11)18-14(20)19-15-16-8-12(22-15)13(21)17-9-6-7-9/h2-5,8-9H,6-7H2,1H3,(H,17,21)(H,16,18,19). The van der Waals surface area contributed by atoms with Gasteiger partial charge in [-0.05, 0) is 25.0 Å². The average molecular weight is 313 g/mol. The number of hydrogen-bond acceptors (Lipinski definition) is 5. The Hall–Kier alpha value is -2.41. The number of aromatic nitrogens is 3. The molecule has 0 saturated heterocycles. The van der Waals surface area contributed by atoms with E-state index in [9.17, 15) is 4.79 Å². The highest BCUT2D eigenvalue weighted by molar-refractivity contribution is 7.17. The van der Waals surface area contributed by atoms with Crippen LogP contribution in [0.15, 0.2) is 30.5 Å². The maximum atomic E-state index is 12.0. The summed E-state index contributed by atoms with van der Waals surface area (Å²) in [6.45, 7) is 0. The molecule has 0 unspecified atom stereocenters. The second-order valence-electron chi connectivity index (χ2n) is 5.39. The molecule has 2 N–H and O–H groups in total. The molecule has 1 amide bonds. The van der Waals surface area contributed by atoms with E-state index in [1.165, 1.54) is 11.3 Å². The Morgan fingerprint density at radius 1 is 1.36 bits per heavy atom. The lowest BCUT2D eigenvalue weighted by molar-refractivity contribution is 0.0955.